The normalized spacial score (nSPS) is 14.7. The predicted octanol–water partition coefficient (Wildman–Crippen LogP) is -1.14. The third-order valence-electron chi connectivity index (χ3n) is 2.99. The van der Waals surface area contributed by atoms with Gasteiger partial charge >= 0.3 is 23.9 Å². The maximum Gasteiger partial charge on any atom is 0.303 e. The van der Waals surface area contributed by atoms with Crippen molar-refractivity contribution in [1.29, 1.82) is 0 Å². The Hall–Kier alpha value is -2.82. The smallest absolute Gasteiger partial charge is 0.303 e. The largest absolute Gasteiger partial charge is 0.456 e. The minimum absolute atomic E-state index is 0.880. The van der Waals surface area contributed by atoms with Crippen molar-refractivity contribution in [3.8, 4) is 0 Å². The van der Waals surface area contributed by atoms with Gasteiger partial charge in [0.25, 0.3) is 0 Å². The molecule has 11 nitrogen and oxygen atoms in total. The molecule has 4 atom stereocenters. The molecule has 0 radical (unpaired) electrons. The topological polar surface area (TPSA) is 160 Å². The number of esters is 4. The maximum atomic E-state index is 12.2. The number of aliphatic hydroxyl groups is 1. The monoisotopic (exact) mass is 390 g/mol. The summed E-state index contributed by atoms with van der Waals surface area (Å²) in [5, 5.41) is 9.48. The third kappa shape index (κ3) is 8.40. The first-order chi connectivity index (χ1) is 12.4. The molecule has 0 fully saturated rings. The molecule has 0 aromatic rings. The number of ketones is 2. The molecule has 27 heavy (non-hydrogen) atoms. The second kappa shape index (κ2) is 11.0. The predicted molar refractivity (Wildman–Crippen MR) is 85.0 cm³/mol. The number of ether oxygens (including phenoxy) is 4. The molecule has 0 aromatic carbocycles. The maximum absolute atomic E-state index is 12.2. The first-order valence-corrected chi connectivity index (χ1v) is 7.75. The van der Waals surface area contributed by atoms with E-state index in [1.165, 1.54) is 0 Å². The molecule has 152 valence electrons. The Balaban J connectivity index is 6.26. The van der Waals surface area contributed by atoms with Gasteiger partial charge in [0, 0.05) is 34.6 Å². The molecule has 0 rings (SSSR count). The Morgan fingerprint density at radius 1 is 0.667 bits per heavy atom. The Labute approximate surface area is 154 Å². The van der Waals surface area contributed by atoms with Crippen LogP contribution in [0.3, 0.4) is 0 Å². The van der Waals surface area contributed by atoms with Gasteiger partial charge in [-0.25, -0.2) is 0 Å². The van der Waals surface area contributed by atoms with Crippen LogP contribution in [-0.4, -0.2) is 71.6 Å². The van der Waals surface area contributed by atoms with Crippen LogP contribution in [-0.2, 0) is 47.7 Å². The molecule has 0 heterocycles. The molecule has 0 saturated carbocycles. The van der Waals surface area contributed by atoms with Gasteiger partial charge < -0.3 is 24.1 Å². The van der Waals surface area contributed by atoms with E-state index in [-0.39, 0.29) is 0 Å². The van der Waals surface area contributed by atoms with Crippen LogP contribution in [0.25, 0.3) is 0 Å². The number of carbonyl (C=O) groups excluding carboxylic acids is 6. The zero-order chi connectivity index (χ0) is 21.3. The summed E-state index contributed by atoms with van der Waals surface area (Å²) in [6.07, 6.45) is -7.16. The number of hydrogen-bond donors (Lipinski definition) is 1. The summed E-state index contributed by atoms with van der Waals surface area (Å²) in [4.78, 5) is 69.3. The third-order valence-corrected chi connectivity index (χ3v) is 2.99. The molecule has 0 aliphatic carbocycles. The lowest BCUT2D eigenvalue weighted by atomic mass is 9.97. The summed E-state index contributed by atoms with van der Waals surface area (Å²) in [7, 11) is 0. The zero-order valence-electron chi connectivity index (χ0n) is 15.5. The van der Waals surface area contributed by atoms with Crippen molar-refractivity contribution >= 4 is 35.4 Å². The number of carbonyl (C=O) groups is 6. The fourth-order valence-electron chi connectivity index (χ4n) is 2.11. The second-order valence-electron chi connectivity index (χ2n) is 5.43. The van der Waals surface area contributed by atoms with Gasteiger partial charge in [-0.2, -0.15) is 0 Å². The first-order valence-electron chi connectivity index (χ1n) is 7.75. The van der Waals surface area contributed by atoms with E-state index in [0.29, 0.717) is 0 Å². The Bertz CT molecular complexity index is 609. The number of rotatable bonds is 10. The van der Waals surface area contributed by atoms with Crippen LogP contribution in [0.15, 0.2) is 0 Å². The zero-order valence-corrected chi connectivity index (χ0v) is 15.5. The molecule has 0 spiro atoms. The van der Waals surface area contributed by atoms with Gasteiger partial charge in [0.05, 0.1) is 6.61 Å². The fraction of sp³-hybridized carbons (Fsp3) is 0.625. The molecule has 0 aromatic heterocycles. The van der Waals surface area contributed by atoms with Crippen molar-refractivity contribution in [3.63, 3.8) is 0 Å². The first kappa shape index (κ1) is 24.2. The lowest BCUT2D eigenvalue weighted by molar-refractivity contribution is -0.201. The standard InChI is InChI=1S/C16H22O11/c1-7(18)13(23)15(26-10(4)21)16(27-11(5)22)14(25-9(3)20)12(6-17)24-8(2)19/h12,14-17H,6H2,1-5H3/t12-,14+,15+,16+/m1/s1. The van der Waals surface area contributed by atoms with Crippen LogP contribution >= 0.6 is 0 Å². The van der Waals surface area contributed by atoms with Crippen LogP contribution in [0, 0.1) is 0 Å². The molecule has 11 heteroatoms. The SMILES string of the molecule is CC(=O)O[C@H]([C@H](OC(C)=O)[C@@H](OC(C)=O)C(=O)C(C)=O)[C@@H](CO)OC(C)=O. The second-order valence-corrected chi connectivity index (χ2v) is 5.43. The van der Waals surface area contributed by atoms with Crippen LogP contribution in [0.2, 0.25) is 0 Å². The van der Waals surface area contributed by atoms with Crippen molar-refractivity contribution < 1.29 is 52.8 Å². The molecule has 0 saturated heterocycles. The minimum Gasteiger partial charge on any atom is -0.456 e. The van der Waals surface area contributed by atoms with E-state index in [0.717, 1.165) is 34.6 Å². The van der Waals surface area contributed by atoms with Gasteiger partial charge in [0.2, 0.25) is 11.9 Å². The summed E-state index contributed by atoms with van der Waals surface area (Å²) in [6, 6.07) is 0. The van der Waals surface area contributed by atoms with Gasteiger partial charge in [-0.1, -0.05) is 0 Å². The minimum atomic E-state index is -1.99. The van der Waals surface area contributed by atoms with E-state index in [1.54, 1.807) is 0 Å². The van der Waals surface area contributed by atoms with Crippen LogP contribution in [0.1, 0.15) is 34.6 Å². The van der Waals surface area contributed by atoms with E-state index >= 15 is 0 Å². The molecule has 0 aliphatic heterocycles. The highest BCUT2D eigenvalue weighted by Crippen LogP contribution is 2.20. The van der Waals surface area contributed by atoms with Crippen molar-refractivity contribution in [1.82, 2.24) is 0 Å². The van der Waals surface area contributed by atoms with Crippen LogP contribution < -0.4 is 0 Å². The summed E-state index contributed by atoms with van der Waals surface area (Å²) in [5.74, 6) is -6.10. The fourth-order valence-corrected chi connectivity index (χ4v) is 2.11. The molecule has 0 bridgehead atoms. The molecule has 0 amide bonds. The van der Waals surface area contributed by atoms with Crippen molar-refractivity contribution in [3.05, 3.63) is 0 Å². The van der Waals surface area contributed by atoms with Crippen LogP contribution in [0.5, 0.6) is 0 Å². The molecular formula is C16H22O11. The van der Waals surface area contributed by atoms with E-state index in [2.05, 4.69) is 0 Å². The Morgan fingerprint density at radius 3 is 1.41 bits per heavy atom. The Kier molecular flexibility index (Phi) is 9.86. The van der Waals surface area contributed by atoms with Gasteiger partial charge in [-0.05, 0) is 0 Å². The van der Waals surface area contributed by atoms with Crippen molar-refractivity contribution in [2.24, 2.45) is 0 Å². The van der Waals surface area contributed by atoms with Gasteiger partial charge in [-0.15, -0.1) is 0 Å². The van der Waals surface area contributed by atoms with Crippen LogP contribution in [0.4, 0.5) is 0 Å². The quantitative estimate of drug-likeness (QED) is 0.273. The lowest BCUT2D eigenvalue weighted by Crippen LogP contribution is -2.55. The average Bonchev–Trinajstić information content (AvgIpc) is 2.52. The number of hydrogen-bond acceptors (Lipinski definition) is 11. The van der Waals surface area contributed by atoms with E-state index < -0.39 is 66.5 Å². The van der Waals surface area contributed by atoms with E-state index in [1.807, 2.05) is 0 Å². The summed E-state index contributed by atoms with van der Waals surface area (Å²) in [6.45, 7) is 3.84. The van der Waals surface area contributed by atoms with E-state index in [4.69, 9.17) is 18.9 Å². The Morgan fingerprint density at radius 2 is 1.07 bits per heavy atom. The highest BCUT2D eigenvalue weighted by molar-refractivity contribution is 6.38. The van der Waals surface area contributed by atoms with Gasteiger partial charge in [0.15, 0.2) is 24.1 Å². The summed E-state index contributed by atoms with van der Waals surface area (Å²) >= 11 is 0. The highest BCUT2D eigenvalue weighted by Gasteiger charge is 2.47. The van der Waals surface area contributed by atoms with Crippen molar-refractivity contribution in [2.45, 2.75) is 59.0 Å². The lowest BCUT2D eigenvalue weighted by Gasteiger charge is -2.34. The van der Waals surface area contributed by atoms with Crippen molar-refractivity contribution in [2.75, 3.05) is 6.61 Å². The number of aliphatic hydroxyl groups excluding tert-OH is 1. The molecule has 1 N–H and O–H groups in total. The molecular weight excluding hydrogens is 368 g/mol. The highest BCUT2D eigenvalue weighted by atomic mass is 16.6. The summed E-state index contributed by atoms with van der Waals surface area (Å²) in [5.41, 5.74) is 0. The van der Waals surface area contributed by atoms with E-state index in [9.17, 15) is 33.9 Å². The summed E-state index contributed by atoms with van der Waals surface area (Å²) < 4.78 is 19.5. The van der Waals surface area contributed by atoms with Gasteiger partial charge in [0.1, 0.15) is 0 Å². The van der Waals surface area contributed by atoms with Gasteiger partial charge in [-0.3, -0.25) is 28.8 Å². The average molecular weight is 390 g/mol. The molecule has 0 unspecified atom stereocenters. The molecule has 0 aliphatic rings. The number of Topliss-reactive ketones (excluding diaryl/α,β-unsaturated/α-hetero) is 2.